The first-order chi connectivity index (χ1) is 7.69. The van der Waals surface area contributed by atoms with E-state index in [1.165, 1.54) is 5.39 Å². The lowest BCUT2D eigenvalue weighted by Gasteiger charge is -1.96. The van der Waals surface area contributed by atoms with E-state index in [9.17, 15) is 4.79 Å². The number of hydrogen-bond donors (Lipinski definition) is 1. The number of benzene rings is 1. The number of fused-ring (bicyclic) bond motifs is 1. The summed E-state index contributed by atoms with van der Waals surface area (Å²) in [7, 11) is 0. The van der Waals surface area contributed by atoms with E-state index in [1.54, 1.807) is 6.92 Å². The number of ether oxygens (including phenoxy) is 1. The highest BCUT2D eigenvalue weighted by Crippen LogP contribution is 2.21. The minimum absolute atomic E-state index is 0.431. The fourth-order valence-electron chi connectivity index (χ4n) is 1.26. The summed E-state index contributed by atoms with van der Waals surface area (Å²) in [5, 5.41) is 2.03. The zero-order valence-electron chi connectivity index (χ0n) is 9.29. The van der Waals surface area contributed by atoms with E-state index >= 15 is 0 Å². The van der Waals surface area contributed by atoms with Crippen LogP contribution in [-0.2, 0) is 9.53 Å². The number of nitrogens with one attached hydrogen (secondary N) is 1. The van der Waals surface area contributed by atoms with Gasteiger partial charge in [-0.1, -0.05) is 11.6 Å². The van der Waals surface area contributed by atoms with Crippen LogP contribution >= 0.6 is 11.6 Å². The molecule has 0 aliphatic carbocycles. The third-order valence-corrected chi connectivity index (χ3v) is 2.47. The van der Waals surface area contributed by atoms with Crippen LogP contribution in [0.1, 0.15) is 12.5 Å². The summed E-state index contributed by atoms with van der Waals surface area (Å²) in [4.78, 5) is 12.3. The summed E-state index contributed by atoms with van der Waals surface area (Å²) in [5.74, 6) is 0. The van der Waals surface area contributed by atoms with Crippen LogP contribution in [0.3, 0.4) is 0 Å². The Balaban J connectivity index is 0.000000221. The van der Waals surface area contributed by atoms with Crippen LogP contribution < -0.4 is 0 Å². The van der Waals surface area contributed by atoms with E-state index in [1.807, 2.05) is 25.3 Å². The fourth-order valence-corrected chi connectivity index (χ4v) is 1.42. The maximum atomic E-state index is 9.18. The predicted molar refractivity (Wildman–Crippen MR) is 65.7 cm³/mol. The van der Waals surface area contributed by atoms with Crippen LogP contribution in [0.2, 0.25) is 5.02 Å². The van der Waals surface area contributed by atoms with Crippen LogP contribution in [0.4, 0.5) is 0 Å². The van der Waals surface area contributed by atoms with E-state index in [-0.39, 0.29) is 0 Å². The van der Waals surface area contributed by atoms with Crippen molar-refractivity contribution in [2.75, 3.05) is 6.61 Å². The molecule has 0 aliphatic heterocycles. The quantitative estimate of drug-likeness (QED) is 0.817. The molecule has 86 valence electrons. The van der Waals surface area contributed by atoms with Crippen LogP contribution in [0.25, 0.3) is 10.9 Å². The zero-order valence-corrected chi connectivity index (χ0v) is 10.0. The third-order valence-electron chi connectivity index (χ3n) is 2.07. The Morgan fingerprint density at radius 1 is 1.50 bits per heavy atom. The Morgan fingerprint density at radius 2 is 2.25 bits per heavy atom. The van der Waals surface area contributed by atoms with Gasteiger partial charge >= 0.3 is 0 Å². The molecule has 0 saturated carbocycles. The first kappa shape index (κ1) is 12.6. The predicted octanol–water partition coefficient (Wildman–Crippen LogP) is 3.31. The number of aromatic amines is 1. The number of halogens is 1. The molecule has 0 atom stereocenters. The Morgan fingerprint density at radius 3 is 2.81 bits per heavy atom. The molecule has 0 spiro atoms. The van der Waals surface area contributed by atoms with Crippen molar-refractivity contribution in [2.45, 2.75) is 13.8 Å². The van der Waals surface area contributed by atoms with Crippen molar-refractivity contribution in [3.05, 3.63) is 35.0 Å². The SMILES string of the molecule is CCOC=O.Cc1cc2cc[nH]c2cc1Cl. The zero-order chi connectivity index (χ0) is 12.0. The van der Waals surface area contributed by atoms with Gasteiger partial charge in [-0.3, -0.25) is 4.79 Å². The van der Waals surface area contributed by atoms with E-state index in [0.29, 0.717) is 13.1 Å². The molecule has 1 N–H and O–H groups in total. The molecule has 0 aliphatic rings. The fraction of sp³-hybridized carbons (Fsp3) is 0.250. The number of aryl methyl sites for hydroxylation is 1. The van der Waals surface area contributed by atoms with Gasteiger partial charge in [-0.2, -0.15) is 0 Å². The summed E-state index contributed by atoms with van der Waals surface area (Å²) in [6.45, 7) is 4.67. The minimum atomic E-state index is 0.431. The van der Waals surface area contributed by atoms with Crippen molar-refractivity contribution < 1.29 is 9.53 Å². The first-order valence-corrected chi connectivity index (χ1v) is 5.35. The summed E-state index contributed by atoms with van der Waals surface area (Å²) in [6, 6.07) is 6.07. The monoisotopic (exact) mass is 239 g/mol. The number of hydrogen-bond acceptors (Lipinski definition) is 2. The molecule has 0 unspecified atom stereocenters. The van der Waals surface area contributed by atoms with Gasteiger partial charge in [0.1, 0.15) is 0 Å². The molecule has 2 rings (SSSR count). The Hall–Kier alpha value is -1.48. The lowest BCUT2D eigenvalue weighted by atomic mass is 10.2. The summed E-state index contributed by atoms with van der Waals surface area (Å²) in [5.41, 5.74) is 2.22. The van der Waals surface area contributed by atoms with Gasteiger partial charge in [0.15, 0.2) is 0 Å². The molecule has 0 radical (unpaired) electrons. The highest BCUT2D eigenvalue weighted by molar-refractivity contribution is 6.32. The van der Waals surface area contributed by atoms with E-state index in [2.05, 4.69) is 15.8 Å². The largest absolute Gasteiger partial charge is 0.468 e. The molecule has 1 heterocycles. The summed E-state index contributed by atoms with van der Waals surface area (Å²) >= 11 is 5.92. The van der Waals surface area contributed by atoms with Crippen LogP contribution in [0.5, 0.6) is 0 Å². The molecule has 16 heavy (non-hydrogen) atoms. The molecule has 0 bridgehead atoms. The molecule has 0 amide bonds. The Labute approximate surface area is 99.4 Å². The molecule has 3 nitrogen and oxygen atoms in total. The topological polar surface area (TPSA) is 42.1 Å². The van der Waals surface area contributed by atoms with Crippen molar-refractivity contribution in [2.24, 2.45) is 0 Å². The summed E-state index contributed by atoms with van der Waals surface area (Å²) in [6.07, 6.45) is 1.92. The Kier molecular flexibility index (Phi) is 4.86. The van der Waals surface area contributed by atoms with Crippen LogP contribution in [-0.4, -0.2) is 18.1 Å². The molecule has 1 aromatic carbocycles. The molecular weight excluding hydrogens is 226 g/mol. The second-order valence-electron chi connectivity index (χ2n) is 3.22. The average molecular weight is 240 g/mol. The van der Waals surface area contributed by atoms with Gasteiger partial charge in [-0.25, -0.2) is 0 Å². The van der Waals surface area contributed by atoms with E-state index in [0.717, 1.165) is 16.1 Å². The van der Waals surface area contributed by atoms with Gasteiger partial charge < -0.3 is 9.72 Å². The maximum absolute atomic E-state index is 9.18. The number of carbonyl (C=O) groups is 1. The highest BCUT2D eigenvalue weighted by atomic mass is 35.5. The van der Waals surface area contributed by atoms with Gasteiger partial charge in [-0.15, -0.1) is 0 Å². The van der Waals surface area contributed by atoms with Crippen LogP contribution in [0, 0.1) is 6.92 Å². The number of rotatable bonds is 2. The van der Waals surface area contributed by atoms with Crippen molar-refractivity contribution in [3.63, 3.8) is 0 Å². The highest BCUT2D eigenvalue weighted by Gasteiger charge is 1.98. The lowest BCUT2D eigenvalue weighted by molar-refractivity contribution is -0.128. The van der Waals surface area contributed by atoms with Gasteiger partial charge in [0.05, 0.1) is 6.61 Å². The first-order valence-electron chi connectivity index (χ1n) is 4.97. The van der Waals surface area contributed by atoms with E-state index in [4.69, 9.17) is 11.6 Å². The lowest BCUT2D eigenvalue weighted by Crippen LogP contribution is -1.80. The normalized spacial score (nSPS) is 9.44. The van der Waals surface area contributed by atoms with Gasteiger partial charge in [0.25, 0.3) is 6.47 Å². The van der Waals surface area contributed by atoms with Gasteiger partial charge in [-0.05, 0) is 43.0 Å². The Bertz CT molecular complexity index is 429. The van der Waals surface area contributed by atoms with Gasteiger partial charge in [0, 0.05) is 16.7 Å². The maximum Gasteiger partial charge on any atom is 0.293 e. The van der Waals surface area contributed by atoms with Gasteiger partial charge in [0.2, 0.25) is 0 Å². The minimum Gasteiger partial charge on any atom is -0.468 e. The second kappa shape index (κ2) is 6.18. The molecule has 0 fully saturated rings. The molecule has 1 aromatic heterocycles. The number of carbonyl (C=O) groups excluding carboxylic acids is 1. The number of aromatic nitrogens is 1. The van der Waals surface area contributed by atoms with E-state index < -0.39 is 0 Å². The molecule has 2 aromatic rings. The van der Waals surface area contributed by atoms with Crippen molar-refractivity contribution in [3.8, 4) is 0 Å². The van der Waals surface area contributed by atoms with Crippen molar-refractivity contribution in [1.82, 2.24) is 4.98 Å². The second-order valence-corrected chi connectivity index (χ2v) is 3.63. The van der Waals surface area contributed by atoms with Crippen LogP contribution in [0.15, 0.2) is 24.4 Å². The third kappa shape index (κ3) is 3.28. The molecule has 4 heteroatoms. The van der Waals surface area contributed by atoms with Crippen molar-refractivity contribution >= 4 is 29.0 Å². The number of H-pyrrole nitrogens is 1. The molecular formula is C12H14ClNO2. The standard InChI is InChI=1S/C9H8ClN.C3H6O2/c1-6-4-7-2-3-11-9(7)5-8(6)10;1-2-5-3-4/h2-5,11H,1H3;3H,2H2,1H3. The molecule has 0 saturated heterocycles. The smallest absolute Gasteiger partial charge is 0.293 e. The average Bonchev–Trinajstić information content (AvgIpc) is 2.68. The summed E-state index contributed by atoms with van der Waals surface area (Å²) < 4.78 is 4.15. The van der Waals surface area contributed by atoms with Crippen molar-refractivity contribution in [1.29, 1.82) is 0 Å².